The van der Waals surface area contributed by atoms with Gasteiger partial charge in [-0.05, 0) is 46.6 Å². The third-order valence-electron chi connectivity index (χ3n) is 4.88. The first-order valence-electron chi connectivity index (χ1n) is 9.71. The fourth-order valence-corrected chi connectivity index (χ4v) is 6.02. The standard InChI is InChI=1S/C21H13N9O2S2/c22-28-25-15-4-6-16(7-5-15)34(31,32)19-9-8-18(33-19)20-17(11-23-12-24-20)13-2-1-3-14(10-13)21-26-29-30-27-21/h1-12H,(H,26,27,29,30). The minimum Gasteiger partial charge on any atom is -0.244 e. The molecule has 0 amide bonds. The predicted molar refractivity (Wildman–Crippen MR) is 125 cm³/mol. The first-order valence-corrected chi connectivity index (χ1v) is 12.0. The van der Waals surface area contributed by atoms with E-state index in [1.54, 1.807) is 18.3 Å². The van der Waals surface area contributed by atoms with E-state index in [1.807, 2.05) is 24.3 Å². The molecular formula is C21H13N9O2S2. The van der Waals surface area contributed by atoms with Crippen LogP contribution in [0.3, 0.4) is 0 Å². The van der Waals surface area contributed by atoms with E-state index in [0.717, 1.165) is 28.0 Å². The fraction of sp³-hybridized carbons (Fsp3) is 0. The van der Waals surface area contributed by atoms with Gasteiger partial charge in [0.2, 0.25) is 15.7 Å². The van der Waals surface area contributed by atoms with Crippen molar-refractivity contribution in [3.63, 3.8) is 0 Å². The predicted octanol–water partition coefficient (Wildman–Crippen LogP) is 4.83. The lowest BCUT2D eigenvalue weighted by molar-refractivity contribution is 0.598. The summed E-state index contributed by atoms with van der Waals surface area (Å²) in [6.45, 7) is 0. The Morgan fingerprint density at radius 2 is 1.85 bits per heavy atom. The van der Waals surface area contributed by atoms with Crippen LogP contribution in [0.15, 0.2) is 87.4 Å². The van der Waals surface area contributed by atoms with Gasteiger partial charge in [-0.2, -0.15) is 5.21 Å². The van der Waals surface area contributed by atoms with E-state index in [-0.39, 0.29) is 9.10 Å². The third-order valence-corrected chi connectivity index (χ3v) is 8.23. The third kappa shape index (κ3) is 4.01. The van der Waals surface area contributed by atoms with Crippen molar-refractivity contribution >= 4 is 26.9 Å². The Balaban J connectivity index is 1.52. The molecule has 11 nitrogen and oxygen atoms in total. The number of nitrogens with zero attached hydrogens (tertiary/aromatic N) is 8. The van der Waals surface area contributed by atoms with Crippen LogP contribution in [0.4, 0.5) is 5.69 Å². The van der Waals surface area contributed by atoms with E-state index < -0.39 is 9.84 Å². The minimum atomic E-state index is -3.76. The highest BCUT2D eigenvalue weighted by molar-refractivity contribution is 7.93. The van der Waals surface area contributed by atoms with Crippen LogP contribution in [0.5, 0.6) is 0 Å². The molecule has 13 heteroatoms. The molecule has 3 heterocycles. The Bertz CT molecular complexity index is 1620. The number of hydrogen-bond donors (Lipinski definition) is 1. The zero-order valence-corrected chi connectivity index (χ0v) is 18.8. The summed E-state index contributed by atoms with van der Waals surface area (Å²) < 4.78 is 26.4. The van der Waals surface area contributed by atoms with Crippen LogP contribution in [-0.2, 0) is 9.84 Å². The number of thiophene rings is 1. The first kappa shape index (κ1) is 21.4. The van der Waals surface area contributed by atoms with Gasteiger partial charge in [0, 0.05) is 27.9 Å². The quantitative estimate of drug-likeness (QED) is 0.204. The van der Waals surface area contributed by atoms with Crippen molar-refractivity contribution in [2.45, 2.75) is 9.10 Å². The topological polar surface area (TPSA) is 163 Å². The molecule has 0 aliphatic heterocycles. The Morgan fingerprint density at radius 1 is 1.03 bits per heavy atom. The largest absolute Gasteiger partial charge is 0.244 e. The smallest absolute Gasteiger partial charge is 0.215 e. The normalized spacial score (nSPS) is 11.2. The summed E-state index contributed by atoms with van der Waals surface area (Å²) in [6, 6.07) is 16.5. The maximum Gasteiger partial charge on any atom is 0.215 e. The number of aromatic amines is 1. The van der Waals surface area contributed by atoms with Gasteiger partial charge in [-0.15, -0.1) is 21.5 Å². The lowest BCUT2D eigenvalue weighted by Gasteiger charge is -2.07. The summed E-state index contributed by atoms with van der Waals surface area (Å²) in [5.74, 6) is 0.455. The molecule has 0 saturated heterocycles. The molecule has 0 fully saturated rings. The average Bonchev–Trinajstić information content (AvgIpc) is 3.58. The van der Waals surface area contributed by atoms with Crippen LogP contribution < -0.4 is 0 Å². The summed E-state index contributed by atoms with van der Waals surface area (Å²) in [4.78, 5) is 12.1. The second-order valence-corrected chi connectivity index (χ2v) is 10.2. The van der Waals surface area contributed by atoms with E-state index in [1.165, 1.54) is 30.6 Å². The van der Waals surface area contributed by atoms with Crippen molar-refractivity contribution in [3.05, 3.63) is 83.6 Å². The van der Waals surface area contributed by atoms with Crippen LogP contribution in [0.1, 0.15) is 0 Å². The van der Waals surface area contributed by atoms with Crippen molar-refractivity contribution in [3.8, 4) is 33.1 Å². The number of sulfone groups is 1. The van der Waals surface area contributed by atoms with Gasteiger partial charge < -0.3 is 0 Å². The van der Waals surface area contributed by atoms with Gasteiger partial charge in [0.15, 0.2) is 0 Å². The van der Waals surface area contributed by atoms with Gasteiger partial charge in [-0.1, -0.05) is 35.4 Å². The number of hydrogen-bond acceptors (Lipinski definition) is 9. The molecule has 0 aliphatic rings. The van der Waals surface area contributed by atoms with Crippen molar-refractivity contribution in [1.29, 1.82) is 0 Å². The molecule has 0 aliphatic carbocycles. The first-order chi connectivity index (χ1) is 16.6. The van der Waals surface area contributed by atoms with Gasteiger partial charge in [-0.3, -0.25) is 0 Å². The highest BCUT2D eigenvalue weighted by atomic mass is 32.2. The number of benzene rings is 2. The molecule has 0 radical (unpaired) electrons. The van der Waals surface area contributed by atoms with Crippen LogP contribution >= 0.6 is 11.3 Å². The molecule has 0 spiro atoms. The van der Waals surface area contributed by atoms with E-state index in [2.05, 4.69) is 40.6 Å². The van der Waals surface area contributed by atoms with E-state index in [9.17, 15) is 8.42 Å². The van der Waals surface area contributed by atoms with Crippen LogP contribution in [0, 0.1) is 0 Å². The maximum absolute atomic E-state index is 13.1. The highest BCUT2D eigenvalue weighted by Crippen LogP contribution is 2.38. The summed E-state index contributed by atoms with van der Waals surface area (Å²) in [7, 11) is -3.76. The molecule has 0 unspecified atom stereocenters. The minimum absolute atomic E-state index is 0.105. The lowest BCUT2D eigenvalue weighted by atomic mass is 10.0. The average molecular weight is 488 g/mol. The molecule has 34 heavy (non-hydrogen) atoms. The SMILES string of the molecule is [N-]=[N+]=Nc1ccc(S(=O)(=O)c2ccc(-c3ncncc3-c3cccc(-c4nn[nH]n4)c3)s2)cc1. The zero-order valence-electron chi connectivity index (χ0n) is 17.1. The molecule has 3 aromatic heterocycles. The Hall–Kier alpha value is -4.45. The van der Waals surface area contributed by atoms with Gasteiger partial charge in [-0.25, -0.2) is 18.4 Å². The number of aromatic nitrogens is 6. The fourth-order valence-electron chi connectivity index (χ4n) is 3.30. The van der Waals surface area contributed by atoms with Crippen LogP contribution in [0.25, 0.3) is 43.5 Å². The Morgan fingerprint density at radius 3 is 2.62 bits per heavy atom. The van der Waals surface area contributed by atoms with Gasteiger partial charge >= 0.3 is 0 Å². The number of tetrazole rings is 1. The van der Waals surface area contributed by atoms with Gasteiger partial charge in [0.25, 0.3) is 0 Å². The van der Waals surface area contributed by atoms with Gasteiger partial charge in [0.1, 0.15) is 10.5 Å². The number of azide groups is 1. The molecule has 0 bridgehead atoms. The number of rotatable bonds is 6. The lowest BCUT2D eigenvalue weighted by Crippen LogP contribution is -1.98. The molecule has 5 aromatic rings. The molecule has 5 rings (SSSR count). The second-order valence-electron chi connectivity index (χ2n) is 6.91. The molecule has 2 aromatic carbocycles. The van der Waals surface area contributed by atoms with Crippen molar-refractivity contribution in [1.82, 2.24) is 30.6 Å². The van der Waals surface area contributed by atoms with Crippen LogP contribution in [0.2, 0.25) is 0 Å². The number of nitrogens with one attached hydrogen (secondary N) is 1. The van der Waals surface area contributed by atoms with Crippen molar-refractivity contribution < 1.29 is 8.42 Å². The molecule has 0 atom stereocenters. The van der Waals surface area contributed by atoms with Gasteiger partial charge in [0.05, 0.1) is 15.5 Å². The molecule has 166 valence electrons. The summed E-state index contributed by atoms with van der Waals surface area (Å²) in [5, 5.41) is 17.5. The van der Waals surface area contributed by atoms with Crippen molar-refractivity contribution in [2.75, 3.05) is 0 Å². The summed E-state index contributed by atoms with van der Waals surface area (Å²) >= 11 is 1.11. The monoisotopic (exact) mass is 487 g/mol. The maximum atomic E-state index is 13.1. The highest BCUT2D eigenvalue weighted by Gasteiger charge is 2.22. The molecule has 1 N–H and O–H groups in total. The Labute approximate surface area is 196 Å². The molecular weight excluding hydrogens is 474 g/mol. The Kier molecular flexibility index (Phi) is 5.55. The molecule has 0 saturated carbocycles. The summed E-state index contributed by atoms with van der Waals surface area (Å²) in [5.41, 5.74) is 11.8. The zero-order chi connectivity index (χ0) is 23.5. The van der Waals surface area contributed by atoms with E-state index >= 15 is 0 Å². The van der Waals surface area contributed by atoms with Crippen LogP contribution in [-0.4, -0.2) is 39.0 Å². The number of H-pyrrole nitrogens is 1. The second kappa shape index (κ2) is 8.83. The van der Waals surface area contributed by atoms with E-state index in [0.29, 0.717) is 22.1 Å². The van der Waals surface area contributed by atoms with E-state index in [4.69, 9.17) is 5.53 Å². The summed E-state index contributed by atoms with van der Waals surface area (Å²) in [6.07, 6.45) is 3.10. The van der Waals surface area contributed by atoms with Crippen molar-refractivity contribution in [2.24, 2.45) is 5.11 Å².